The first-order chi connectivity index (χ1) is 9.91. The summed E-state index contributed by atoms with van der Waals surface area (Å²) in [6.07, 6.45) is 13.6. The topological polar surface area (TPSA) is 104 Å². The molecule has 0 unspecified atom stereocenters. The van der Waals surface area contributed by atoms with Gasteiger partial charge in [0.15, 0.2) is 0 Å². The van der Waals surface area contributed by atoms with Crippen LogP contribution in [-0.4, -0.2) is 42.5 Å². The fourth-order valence-corrected chi connectivity index (χ4v) is 1.86. The van der Waals surface area contributed by atoms with Crippen LogP contribution in [0.2, 0.25) is 0 Å². The second-order valence-corrected chi connectivity index (χ2v) is 5.86. The Balaban J connectivity index is -0.000000225. The summed E-state index contributed by atoms with van der Waals surface area (Å²) in [5.41, 5.74) is 0. The molecule has 8 heteroatoms. The van der Waals surface area contributed by atoms with Gasteiger partial charge in [0.1, 0.15) is 0 Å². The van der Waals surface area contributed by atoms with Crippen molar-refractivity contribution >= 4 is 10.4 Å². The van der Waals surface area contributed by atoms with Crippen molar-refractivity contribution in [1.29, 1.82) is 0 Å². The van der Waals surface area contributed by atoms with Gasteiger partial charge in [0.2, 0.25) is 0 Å². The number of aliphatic hydroxyl groups excluding tert-OH is 1. The molecule has 0 aliphatic carbocycles. The summed E-state index contributed by atoms with van der Waals surface area (Å²) in [6, 6.07) is 0. The van der Waals surface area contributed by atoms with Gasteiger partial charge in [-0.1, -0.05) is 64.7 Å². The Morgan fingerprint density at radius 1 is 0.818 bits per heavy atom. The van der Waals surface area contributed by atoms with Crippen molar-refractivity contribution < 1.29 is 58.4 Å². The van der Waals surface area contributed by atoms with Crippen LogP contribution in [0.15, 0.2) is 0 Å². The van der Waals surface area contributed by atoms with Crippen LogP contribution in [-0.2, 0) is 15.1 Å². The van der Waals surface area contributed by atoms with E-state index in [9.17, 15) is 0 Å². The Kier molecular flexibility index (Phi) is 27.4. The third-order valence-corrected chi connectivity index (χ3v) is 2.88. The normalized spacial score (nSPS) is 10.5. The van der Waals surface area contributed by atoms with Gasteiger partial charge < -0.3 is 11.3 Å². The molecule has 0 spiro atoms. The van der Waals surface area contributed by atoms with Crippen LogP contribution in [0.1, 0.15) is 72.6 Å². The summed E-state index contributed by atoms with van der Waals surface area (Å²) in [7, 11) is -4.67. The van der Waals surface area contributed by atoms with Crippen molar-refractivity contribution in [3.05, 3.63) is 0 Å². The Bertz CT molecular complexity index is 269. The molecule has 0 aliphatic heterocycles. The summed E-state index contributed by atoms with van der Waals surface area (Å²) in [6.45, 7) is 3.73. The quantitative estimate of drug-likeness (QED) is 0.251. The van der Waals surface area contributed by atoms with E-state index in [-0.39, 0.29) is 37.6 Å². The molecular formula is C14H33NaO6S. The maximum atomic E-state index is 8.74. The molecule has 0 aliphatic rings. The smallest absolute Gasteiger partial charge is 1.00 e. The standard InChI is InChI=1S/C14H30O2.Na.H2O4S.H/c1-2-3-4-5-6-7-8-9-10-11-13-16-14-12-15;;1-5(2,3)4;/h15H,2-14H2,1H3;;(H2,1,2,3,4);/q;+1;;-1. The van der Waals surface area contributed by atoms with Crippen molar-refractivity contribution in [2.45, 2.75) is 71.1 Å². The molecule has 0 rings (SSSR count). The van der Waals surface area contributed by atoms with Gasteiger partial charge in [-0.25, -0.2) is 0 Å². The van der Waals surface area contributed by atoms with Crippen molar-refractivity contribution in [2.24, 2.45) is 0 Å². The van der Waals surface area contributed by atoms with Crippen LogP contribution in [0, 0.1) is 0 Å². The molecule has 132 valence electrons. The van der Waals surface area contributed by atoms with Crippen LogP contribution >= 0.6 is 0 Å². The van der Waals surface area contributed by atoms with Gasteiger partial charge in [-0.05, 0) is 6.42 Å². The molecule has 0 radical (unpaired) electrons. The van der Waals surface area contributed by atoms with Crippen molar-refractivity contribution in [3.8, 4) is 0 Å². The van der Waals surface area contributed by atoms with E-state index in [0.717, 1.165) is 13.0 Å². The molecule has 0 fully saturated rings. The van der Waals surface area contributed by atoms with Gasteiger partial charge in [0.05, 0.1) is 13.2 Å². The zero-order chi connectivity index (χ0) is 16.4. The van der Waals surface area contributed by atoms with E-state index in [2.05, 4.69) is 6.92 Å². The molecule has 0 saturated carbocycles. The molecule has 0 heterocycles. The third-order valence-electron chi connectivity index (χ3n) is 2.88. The first-order valence-electron chi connectivity index (χ1n) is 7.80. The monoisotopic (exact) mass is 352 g/mol. The molecule has 6 nitrogen and oxygen atoms in total. The van der Waals surface area contributed by atoms with E-state index < -0.39 is 10.4 Å². The van der Waals surface area contributed by atoms with E-state index in [0.29, 0.717) is 6.61 Å². The first-order valence-corrected chi connectivity index (χ1v) is 9.20. The molecule has 0 aromatic heterocycles. The van der Waals surface area contributed by atoms with Crippen LogP contribution < -0.4 is 29.6 Å². The van der Waals surface area contributed by atoms with Crippen LogP contribution in [0.25, 0.3) is 0 Å². The second-order valence-electron chi connectivity index (χ2n) is 4.97. The average Bonchev–Trinajstić information content (AvgIpc) is 2.38. The fourth-order valence-electron chi connectivity index (χ4n) is 1.86. The van der Waals surface area contributed by atoms with Gasteiger partial charge in [-0.15, -0.1) is 0 Å². The first kappa shape index (κ1) is 27.6. The maximum absolute atomic E-state index is 8.74. The Labute approximate surface area is 159 Å². The van der Waals surface area contributed by atoms with E-state index >= 15 is 0 Å². The zero-order valence-electron chi connectivity index (χ0n) is 15.2. The SMILES string of the molecule is CCCCCCCCCCCCOCCO.O=S(=O)(O)O.[H-].[Na+]. The van der Waals surface area contributed by atoms with E-state index in [1.807, 2.05) is 0 Å². The van der Waals surface area contributed by atoms with E-state index in [1.165, 1.54) is 57.8 Å². The number of hydrogen-bond donors (Lipinski definition) is 3. The van der Waals surface area contributed by atoms with Crippen molar-refractivity contribution in [1.82, 2.24) is 0 Å². The van der Waals surface area contributed by atoms with Gasteiger partial charge >= 0.3 is 40.0 Å². The van der Waals surface area contributed by atoms with E-state index in [4.69, 9.17) is 27.4 Å². The minimum atomic E-state index is -4.67. The van der Waals surface area contributed by atoms with Crippen LogP contribution in [0.5, 0.6) is 0 Å². The average molecular weight is 352 g/mol. The zero-order valence-corrected chi connectivity index (χ0v) is 17.0. The Morgan fingerprint density at radius 2 is 1.18 bits per heavy atom. The fraction of sp³-hybridized carbons (Fsp3) is 1.00. The van der Waals surface area contributed by atoms with Gasteiger partial charge in [-0.3, -0.25) is 9.11 Å². The molecule has 0 bridgehead atoms. The molecule has 0 saturated heterocycles. The molecule has 22 heavy (non-hydrogen) atoms. The number of rotatable bonds is 13. The van der Waals surface area contributed by atoms with Crippen molar-refractivity contribution in [3.63, 3.8) is 0 Å². The van der Waals surface area contributed by atoms with Gasteiger partial charge in [0.25, 0.3) is 0 Å². The predicted octanol–water partition coefficient (Wildman–Crippen LogP) is 0.380. The Hall–Kier alpha value is 0.790. The Morgan fingerprint density at radius 3 is 1.55 bits per heavy atom. The van der Waals surface area contributed by atoms with Gasteiger partial charge in [-0.2, -0.15) is 8.42 Å². The largest absolute Gasteiger partial charge is 1.00 e. The van der Waals surface area contributed by atoms with Crippen molar-refractivity contribution in [2.75, 3.05) is 19.8 Å². The number of ether oxygens (including phenoxy) is 1. The second kappa shape index (κ2) is 21.8. The summed E-state index contributed by atoms with van der Waals surface area (Å²) in [4.78, 5) is 0. The van der Waals surface area contributed by atoms with E-state index in [1.54, 1.807) is 0 Å². The third kappa shape index (κ3) is 42.8. The predicted molar refractivity (Wildman–Crippen MR) is 85.0 cm³/mol. The number of unbranched alkanes of at least 4 members (excludes halogenated alkanes) is 9. The molecular weight excluding hydrogens is 319 g/mol. The molecule has 3 N–H and O–H groups in total. The molecule has 0 aromatic carbocycles. The van der Waals surface area contributed by atoms with Crippen LogP contribution in [0.3, 0.4) is 0 Å². The summed E-state index contributed by atoms with van der Waals surface area (Å²) < 4.78 is 36.8. The minimum Gasteiger partial charge on any atom is -1.00 e. The number of aliphatic hydroxyl groups is 1. The van der Waals surface area contributed by atoms with Gasteiger partial charge in [0, 0.05) is 6.61 Å². The minimum absolute atomic E-state index is 0. The molecule has 0 aromatic rings. The summed E-state index contributed by atoms with van der Waals surface area (Å²) in [5.74, 6) is 0. The van der Waals surface area contributed by atoms with Crippen LogP contribution in [0.4, 0.5) is 0 Å². The summed E-state index contributed by atoms with van der Waals surface area (Å²) in [5, 5.41) is 8.50. The molecule has 0 atom stereocenters. The maximum Gasteiger partial charge on any atom is 1.00 e. The summed E-state index contributed by atoms with van der Waals surface area (Å²) >= 11 is 0. The molecule has 0 amide bonds. The number of hydrogen-bond acceptors (Lipinski definition) is 4.